The summed E-state index contributed by atoms with van der Waals surface area (Å²) in [6, 6.07) is 14.2. The van der Waals surface area contributed by atoms with Gasteiger partial charge in [0, 0.05) is 30.9 Å². The summed E-state index contributed by atoms with van der Waals surface area (Å²) >= 11 is 0. The van der Waals surface area contributed by atoms with Gasteiger partial charge in [-0.15, -0.1) is 0 Å². The molecule has 152 valence electrons. The van der Waals surface area contributed by atoms with Crippen molar-refractivity contribution in [1.29, 1.82) is 0 Å². The van der Waals surface area contributed by atoms with Crippen molar-refractivity contribution in [3.05, 3.63) is 54.1 Å². The van der Waals surface area contributed by atoms with Crippen LogP contribution >= 0.6 is 0 Å². The Bertz CT molecular complexity index is 875. The van der Waals surface area contributed by atoms with E-state index < -0.39 is 0 Å². The van der Waals surface area contributed by atoms with Crippen LogP contribution in [0.25, 0.3) is 0 Å². The third-order valence-corrected chi connectivity index (χ3v) is 5.94. The van der Waals surface area contributed by atoms with Gasteiger partial charge in [-0.25, -0.2) is 0 Å². The molecule has 29 heavy (non-hydrogen) atoms. The number of piperazine rings is 3. The van der Waals surface area contributed by atoms with E-state index in [4.69, 9.17) is 4.74 Å². The number of hydrogen-bond acceptors (Lipinski definition) is 4. The number of nitrogens with one attached hydrogen (secondary N) is 2. The maximum atomic E-state index is 12.6. The van der Waals surface area contributed by atoms with E-state index in [0.717, 1.165) is 43.8 Å². The van der Waals surface area contributed by atoms with Crippen molar-refractivity contribution in [3.8, 4) is 5.75 Å². The van der Waals surface area contributed by atoms with Crippen LogP contribution < -0.4 is 15.4 Å². The molecule has 2 aromatic rings. The van der Waals surface area contributed by atoms with E-state index in [1.54, 1.807) is 43.5 Å². The van der Waals surface area contributed by atoms with E-state index in [1.807, 2.05) is 12.1 Å². The fourth-order valence-electron chi connectivity index (χ4n) is 4.12. The van der Waals surface area contributed by atoms with Gasteiger partial charge in [-0.05, 0) is 36.4 Å². The molecule has 3 aliphatic heterocycles. The normalized spacial score (nSPS) is 22.7. The SMILES string of the molecule is COc1ccccc1NC(=O)c1ccc(NC(=O)C[N+]23CCN(CC2)CC3)cc1. The Kier molecular flexibility index (Phi) is 5.51. The number of benzene rings is 2. The third kappa shape index (κ3) is 4.41. The molecule has 0 radical (unpaired) electrons. The van der Waals surface area contributed by atoms with E-state index in [2.05, 4.69) is 15.5 Å². The molecule has 0 aliphatic carbocycles. The highest BCUT2D eigenvalue weighted by atomic mass is 16.5. The first-order chi connectivity index (χ1) is 14.1. The number of amides is 2. The van der Waals surface area contributed by atoms with Crippen molar-refractivity contribution < 1.29 is 18.8 Å². The van der Waals surface area contributed by atoms with Crippen LogP contribution in [0.3, 0.4) is 0 Å². The molecule has 2 N–H and O–H groups in total. The summed E-state index contributed by atoms with van der Waals surface area (Å²) in [6.45, 7) is 6.93. The Balaban J connectivity index is 1.35. The minimum absolute atomic E-state index is 0.0339. The summed E-state index contributed by atoms with van der Waals surface area (Å²) in [7, 11) is 1.57. The Morgan fingerprint density at radius 2 is 1.62 bits per heavy atom. The quantitative estimate of drug-likeness (QED) is 0.735. The van der Waals surface area contributed by atoms with Gasteiger partial charge in [-0.2, -0.15) is 0 Å². The first-order valence-corrected chi connectivity index (χ1v) is 9.99. The molecule has 3 heterocycles. The van der Waals surface area contributed by atoms with Gasteiger partial charge in [0.2, 0.25) is 0 Å². The zero-order valence-corrected chi connectivity index (χ0v) is 16.7. The molecule has 3 saturated heterocycles. The largest absolute Gasteiger partial charge is 0.495 e. The Labute approximate surface area is 170 Å². The molecule has 3 fully saturated rings. The average Bonchev–Trinajstić information content (AvgIpc) is 2.75. The molecule has 2 amide bonds. The molecular formula is C22H27N4O3+. The fraction of sp³-hybridized carbons (Fsp3) is 0.364. The highest BCUT2D eigenvalue weighted by Gasteiger charge is 2.39. The summed E-state index contributed by atoms with van der Waals surface area (Å²) in [5.74, 6) is 0.416. The van der Waals surface area contributed by atoms with Gasteiger partial charge >= 0.3 is 0 Å². The van der Waals surface area contributed by atoms with Crippen molar-refractivity contribution in [1.82, 2.24) is 4.90 Å². The third-order valence-electron chi connectivity index (χ3n) is 5.94. The van der Waals surface area contributed by atoms with Gasteiger partial charge in [0.05, 0.1) is 32.4 Å². The Hall–Kier alpha value is -2.90. The molecule has 0 atom stereocenters. The summed E-state index contributed by atoms with van der Waals surface area (Å²) in [5.41, 5.74) is 1.84. The smallest absolute Gasteiger partial charge is 0.279 e. The second kappa shape index (κ2) is 8.23. The lowest BCUT2D eigenvalue weighted by Gasteiger charge is -2.50. The van der Waals surface area contributed by atoms with Gasteiger partial charge in [0.15, 0.2) is 6.54 Å². The zero-order valence-electron chi connectivity index (χ0n) is 16.7. The minimum atomic E-state index is -0.225. The van der Waals surface area contributed by atoms with Crippen molar-refractivity contribution in [2.45, 2.75) is 0 Å². The van der Waals surface area contributed by atoms with Crippen molar-refractivity contribution in [3.63, 3.8) is 0 Å². The van der Waals surface area contributed by atoms with Gasteiger partial charge in [0.25, 0.3) is 11.8 Å². The molecule has 7 heteroatoms. The first-order valence-electron chi connectivity index (χ1n) is 9.99. The molecule has 5 rings (SSSR count). The number of fused-ring (bicyclic) bond motifs is 3. The van der Waals surface area contributed by atoms with Gasteiger partial charge in [-0.1, -0.05) is 12.1 Å². The standard InChI is InChI=1S/C22H26N4O3/c1-29-20-5-3-2-4-19(20)24-22(28)17-6-8-18(9-7-17)23-21(27)16-26-13-10-25(11-14-26)12-15-26/h2-9H,10-16H2,1H3,(H-,23,24,27,28)/p+1. The zero-order chi connectivity index (χ0) is 20.3. The molecular weight excluding hydrogens is 368 g/mol. The molecule has 2 aromatic carbocycles. The fourth-order valence-corrected chi connectivity index (χ4v) is 4.12. The monoisotopic (exact) mass is 395 g/mol. The number of carbonyl (C=O) groups is 2. The predicted molar refractivity (Wildman–Crippen MR) is 112 cm³/mol. The number of rotatable bonds is 6. The number of methoxy groups -OCH3 is 1. The molecule has 3 aliphatic rings. The van der Waals surface area contributed by atoms with E-state index in [-0.39, 0.29) is 11.8 Å². The first kappa shape index (κ1) is 19.4. The number of para-hydroxylation sites is 2. The number of quaternary nitrogens is 1. The summed E-state index contributed by atoms with van der Waals surface area (Å²) in [6.07, 6.45) is 0. The molecule has 7 nitrogen and oxygen atoms in total. The molecule has 0 aromatic heterocycles. The van der Waals surface area contributed by atoms with Crippen molar-refractivity contribution in [2.24, 2.45) is 0 Å². The topological polar surface area (TPSA) is 70.7 Å². The lowest BCUT2D eigenvalue weighted by Crippen LogP contribution is -2.68. The molecule has 0 unspecified atom stereocenters. The van der Waals surface area contributed by atoms with Gasteiger partial charge in [-0.3, -0.25) is 14.5 Å². The van der Waals surface area contributed by atoms with Crippen LogP contribution in [0.1, 0.15) is 10.4 Å². The van der Waals surface area contributed by atoms with Crippen molar-refractivity contribution in [2.75, 3.05) is 63.6 Å². The Morgan fingerprint density at radius 1 is 0.966 bits per heavy atom. The maximum absolute atomic E-state index is 12.6. The van der Waals surface area contributed by atoms with Crippen LogP contribution in [-0.2, 0) is 4.79 Å². The molecule has 0 spiro atoms. The molecule has 0 saturated carbocycles. The van der Waals surface area contributed by atoms with Crippen LogP contribution in [-0.4, -0.2) is 74.1 Å². The number of hydrogen-bond donors (Lipinski definition) is 2. The highest BCUT2D eigenvalue weighted by molar-refractivity contribution is 6.05. The van der Waals surface area contributed by atoms with Gasteiger partial charge in [0.1, 0.15) is 5.75 Å². The van der Waals surface area contributed by atoms with E-state index >= 15 is 0 Å². The van der Waals surface area contributed by atoms with Crippen LogP contribution in [0.4, 0.5) is 11.4 Å². The second-order valence-electron chi connectivity index (χ2n) is 7.79. The molecule has 2 bridgehead atoms. The summed E-state index contributed by atoms with van der Waals surface area (Å²) in [4.78, 5) is 27.5. The second-order valence-corrected chi connectivity index (χ2v) is 7.79. The van der Waals surface area contributed by atoms with E-state index in [0.29, 0.717) is 29.2 Å². The Morgan fingerprint density at radius 3 is 2.28 bits per heavy atom. The predicted octanol–water partition coefficient (Wildman–Crippen LogP) is 2.03. The van der Waals surface area contributed by atoms with E-state index in [1.165, 1.54) is 0 Å². The van der Waals surface area contributed by atoms with E-state index in [9.17, 15) is 9.59 Å². The maximum Gasteiger partial charge on any atom is 0.279 e. The lowest BCUT2D eigenvalue weighted by molar-refractivity contribution is -0.933. The summed E-state index contributed by atoms with van der Waals surface area (Å²) in [5, 5.41) is 5.83. The highest BCUT2D eigenvalue weighted by Crippen LogP contribution is 2.24. The summed E-state index contributed by atoms with van der Waals surface area (Å²) < 4.78 is 6.15. The number of ether oxygens (including phenoxy) is 1. The van der Waals surface area contributed by atoms with Crippen LogP contribution in [0, 0.1) is 0 Å². The van der Waals surface area contributed by atoms with Crippen molar-refractivity contribution >= 4 is 23.2 Å². The minimum Gasteiger partial charge on any atom is -0.495 e. The average molecular weight is 395 g/mol. The van der Waals surface area contributed by atoms with Crippen LogP contribution in [0.15, 0.2) is 48.5 Å². The van der Waals surface area contributed by atoms with Crippen LogP contribution in [0.5, 0.6) is 5.75 Å². The number of nitrogens with zero attached hydrogens (tertiary/aromatic N) is 2. The van der Waals surface area contributed by atoms with Gasteiger partial charge < -0.3 is 19.9 Å². The lowest BCUT2D eigenvalue weighted by atomic mass is 10.1. The van der Waals surface area contributed by atoms with Crippen LogP contribution in [0.2, 0.25) is 0 Å². The number of anilines is 2. The number of carbonyl (C=O) groups excluding carboxylic acids is 2.